The summed E-state index contributed by atoms with van der Waals surface area (Å²) in [5, 5.41) is 10.3. The van der Waals surface area contributed by atoms with E-state index in [0.717, 1.165) is 35.4 Å². The molecule has 1 fully saturated rings. The third-order valence-electron chi connectivity index (χ3n) is 5.63. The largest absolute Gasteiger partial charge is 0.332 e. The number of halogens is 1. The number of fused-ring (bicyclic) bond motifs is 2. The van der Waals surface area contributed by atoms with Crippen molar-refractivity contribution >= 4 is 34.2 Å². The Morgan fingerprint density at radius 3 is 2.93 bits per heavy atom. The first kappa shape index (κ1) is 16.7. The van der Waals surface area contributed by atoms with Crippen LogP contribution in [0.5, 0.6) is 0 Å². The number of carbonyl (C=O) groups excluding carboxylic acids is 1. The van der Waals surface area contributed by atoms with Crippen LogP contribution in [-0.4, -0.2) is 41.8 Å². The molecule has 10 heteroatoms. The first-order valence-corrected chi connectivity index (χ1v) is 9.81. The lowest BCUT2D eigenvalue weighted by Gasteiger charge is -2.26. The number of hydrogen-bond acceptors (Lipinski definition) is 7. The van der Waals surface area contributed by atoms with Gasteiger partial charge in [0.25, 0.3) is 11.8 Å². The van der Waals surface area contributed by atoms with Crippen LogP contribution in [0.3, 0.4) is 0 Å². The summed E-state index contributed by atoms with van der Waals surface area (Å²) in [7, 11) is 0. The first-order valence-electron chi connectivity index (χ1n) is 9.43. The van der Waals surface area contributed by atoms with Gasteiger partial charge in [-0.15, -0.1) is 0 Å². The van der Waals surface area contributed by atoms with Crippen molar-refractivity contribution in [3.8, 4) is 11.5 Å². The van der Waals surface area contributed by atoms with E-state index in [1.54, 1.807) is 6.20 Å². The number of aromatic nitrogens is 6. The zero-order chi connectivity index (χ0) is 19.5. The van der Waals surface area contributed by atoms with E-state index in [1.807, 2.05) is 38.5 Å². The van der Waals surface area contributed by atoms with E-state index in [-0.39, 0.29) is 11.8 Å². The number of imidazole rings is 1. The summed E-state index contributed by atoms with van der Waals surface area (Å²) < 4.78 is 9.45. The second-order valence-corrected chi connectivity index (χ2v) is 7.82. The molecule has 0 saturated heterocycles. The Bertz CT molecular complexity index is 1250. The summed E-state index contributed by atoms with van der Waals surface area (Å²) in [5.41, 5.74) is 1.79. The molecule has 1 aromatic carbocycles. The number of anilines is 1. The molecular weight excluding hydrogens is 394 g/mol. The molecule has 0 N–H and O–H groups in total. The lowest BCUT2D eigenvalue weighted by Crippen LogP contribution is -2.34. The molecule has 6 rings (SSSR count). The summed E-state index contributed by atoms with van der Waals surface area (Å²) in [6, 6.07) is 6.06. The van der Waals surface area contributed by atoms with Crippen LogP contribution >= 0.6 is 11.6 Å². The topological polar surface area (TPSA) is 94.9 Å². The van der Waals surface area contributed by atoms with Crippen LogP contribution in [0.25, 0.3) is 22.4 Å². The summed E-state index contributed by atoms with van der Waals surface area (Å²) in [6.45, 7) is 2.03. The van der Waals surface area contributed by atoms with Gasteiger partial charge in [0, 0.05) is 36.9 Å². The molecule has 1 saturated carbocycles. The van der Waals surface area contributed by atoms with Crippen LogP contribution in [0.1, 0.15) is 24.7 Å². The van der Waals surface area contributed by atoms with Gasteiger partial charge in [0.05, 0.1) is 30.5 Å². The molecule has 0 atom stereocenters. The SMILES string of the molecule is O=C1CC(n2ncc3ccc(-c4nc(N5CCn6c(Cl)cnc6C5)no4)cc32)C1. The minimum atomic E-state index is 0.136. The van der Waals surface area contributed by atoms with E-state index in [9.17, 15) is 4.79 Å². The first-order chi connectivity index (χ1) is 14.2. The maximum Gasteiger partial charge on any atom is 0.266 e. The van der Waals surface area contributed by atoms with E-state index in [0.29, 0.717) is 36.4 Å². The van der Waals surface area contributed by atoms with Crippen molar-refractivity contribution in [1.82, 2.24) is 29.5 Å². The predicted octanol–water partition coefficient (Wildman–Crippen LogP) is 2.86. The molecule has 0 unspecified atom stereocenters. The zero-order valence-electron chi connectivity index (χ0n) is 15.3. The van der Waals surface area contributed by atoms with E-state index in [2.05, 4.69) is 20.2 Å². The van der Waals surface area contributed by atoms with E-state index in [4.69, 9.17) is 16.1 Å². The van der Waals surface area contributed by atoms with E-state index < -0.39 is 0 Å². The summed E-state index contributed by atoms with van der Waals surface area (Å²) >= 11 is 6.14. The maximum atomic E-state index is 11.4. The molecule has 0 bridgehead atoms. The minimum Gasteiger partial charge on any atom is -0.332 e. The standard InChI is InChI=1S/C19H16ClN7O2/c20-16-9-21-17-10-25(3-4-26(16)17)19-23-18(29-24-19)11-1-2-12-8-22-27(15(12)5-11)13-6-14(28)7-13/h1-2,5,8-9,13H,3-4,6-7,10H2. The Morgan fingerprint density at radius 1 is 1.17 bits per heavy atom. The molecule has 0 amide bonds. The Kier molecular flexibility index (Phi) is 3.55. The molecular formula is C19H16ClN7O2. The van der Waals surface area contributed by atoms with Crippen molar-refractivity contribution in [2.24, 2.45) is 0 Å². The molecule has 0 spiro atoms. The molecule has 146 valence electrons. The average Bonchev–Trinajstić information content (AvgIpc) is 3.43. The van der Waals surface area contributed by atoms with Crippen LogP contribution in [0.2, 0.25) is 5.15 Å². The fourth-order valence-electron chi connectivity index (χ4n) is 3.96. The van der Waals surface area contributed by atoms with Crippen molar-refractivity contribution < 1.29 is 9.32 Å². The van der Waals surface area contributed by atoms with Crippen LogP contribution in [0.4, 0.5) is 5.95 Å². The van der Waals surface area contributed by atoms with Gasteiger partial charge in [0.1, 0.15) is 16.8 Å². The van der Waals surface area contributed by atoms with Crippen molar-refractivity contribution in [3.05, 3.63) is 41.6 Å². The van der Waals surface area contributed by atoms with Crippen molar-refractivity contribution in [3.63, 3.8) is 0 Å². The number of benzene rings is 1. The van der Waals surface area contributed by atoms with Crippen LogP contribution in [0.15, 0.2) is 35.1 Å². The fraction of sp³-hybridized carbons (Fsp3) is 0.316. The Morgan fingerprint density at radius 2 is 2.07 bits per heavy atom. The Balaban J connectivity index is 1.30. The number of ketones is 1. The Labute approximate surface area is 169 Å². The van der Waals surface area contributed by atoms with Gasteiger partial charge in [-0.25, -0.2) is 4.98 Å². The number of Topliss-reactive ketones (excluding diaryl/α,β-unsaturated/α-hetero) is 1. The molecule has 3 aromatic heterocycles. The van der Waals surface area contributed by atoms with Crippen LogP contribution in [0, 0.1) is 0 Å². The number of nitrogens with zero attached hydrogens (tertiary/aromatic N) is 7. The van der Waals surface area contributed by atoms with Gasteiger partial charge in [-0.2, -0.15) is 10.1 Å². The highest BCUT2D eigenvalue weighted by Crippen LogP contribution is 2.33. The third kappa shape index (κ3) is 2.65. The van der Waals surface area contributed by atoms with Gasteiger partial charge in [-0.05, 0) is 17.3 Å². The van der Waals surface area contributed by atoms with Gasteiger partial charge >= 0.3 is 0 Å². The van der Waals surface area contributed by atoms with Crippen molar-refractivity contribution in [2.45, 2.75) is 32.0 Å². The highest BCUT2D eigenvalue weighted by molar-refractivity contribution is 6.29. The Hall–Kier alpha value is -3.20. The second kappa shape index (κ2) is 6.15. The molecule has 9 nitrogen and oxygen atoms in total. The number of carbonyl (C=O) groups is 1. The quantitative estimate of drug-likeness (QED) is 0.513. The van der Waals surface area contributed by atoms with Gasteiger partial charge in [-0.1, -0.05) is 17.7 Å². The summed E-state index contributed by atoms with van der Waals surface area (Å²) in [6.07, 6.45) is 4.57. The highest BCUT2D eigenvalue weighted by Gasteiger charge is 2.30. The molecule has 1 aliphatic carbocycles. The summed E-state index contributed by atoms with van der Waals surface area (Å²) in [5.74, 6) is 2.14. The molecule has 1 aliphatic heterocycles. The van der Waals surface area contributed by atoms with Gasteiger partial charge in [0.2, 0.25) is 0 Å². The molecule has 2 aliphatic rings. The lowest BCUT2D eigenvalue weighted by molar-refractivity contribution is -0.126. The lowest BCUT2D eigenvalue weighted by atomic mass is 9.91. The fourth-order valence-corrected chi connectivity index (χ4v) is 4.19. The monoisotopic (exact) mass is 409 g/mol. The number of hydrogen-bond donors (Lipinski definition) is 0. The predicted molar refractivity (Wildman–Crippen MR) is 105 cm³/mol. The molecule has 4 aromatic rings. The minimum absolute atomic E-state index is 0.136. The van der Waals surface area contributed by atoms with Gasteiger partial charge in [0.15, 0.2) is 0 Å². The summed E-state index contributed by atoms with van der Waals surface area (Å²) in [4.78, 5) is 22.3. The molecule has 4 heterocycles. The normalized spacial score (nSPS) is 17.0. The highest BCUT2D eigenvalue weighted by atomic mass is 35.5. The second-order valence-electron chi connectivity index (χ2n) is 7.43. The van der Waals surface area contributed by atoms with Crippen molar-refractivity contribution in [2.75, 3.05) is 11.4 Å². The molecule has 0 radical (unpaired) electrons. The zero-order valence-corrected chi connectivity index (χ0v) is 16.1. The number of rotatable bonds is 3. The molecule has 29 heavy (non-hydrogen) atoms. The smallest absolute Gasteiger partial charge is 0.266 e. The maximum absolute atomic E-state index is 11.4. The third-order valence-corrected chi connectivity index (χ3v) is 5.93. The van der Waals surface area contributed by atoms with Gasteiger partial charge < -0.3 is 14.0 Å². The van der Waals surface area contributed by atoms with Crippen molar-refractivity contribution in [1.29, 1.82) is 0 Å². The van der Waals surface area contributed by atoms with Gasteiger partial charge in [-0.3, -0.25) is 9.48 Å². The van der Waals surface area contributed by atoms with E-state index in [1.165, 1.54) is 0 Å². The van der Waals surface area contributed by atoms with Crippen LogP contribution < -0.4 is 4.90 Å². The average molecular weight is 410 g/mol. The van der Waals surface area contributed by atoms with E-state index >= 15 is 0 Å². The van der Waals surface area contributed by atoms with Crippen LogP contribution in [-0.2, 0) is 17.9 Å².